The lowest BCUT2D eigenvalue weighted by atomic mass is 10.0. The van der Waals surface area contributed by atoms with Crippen LogP contribution in [0.25, 0.3) is 11.1 Å². The van der Waals surface area contributed by atoms with E-state index in [2.05, 4.69) is 21.3 Å². The highest BCUT2D eigenvalue weighted by Gasteiger charge is 2.23. The van der Waals surface area contributed by atoms with Crippen LogP contribution < -0.4 is 21.3 Å². The van der Waals surface area contributed by atoms with Crippen molar-refractivity contribution in [3.8, 4) is 11.1 Å². The number of amides is 4. The SMILES string of the molecule is CC(C)[C@H](CO)NC(=O)C(=O)Nc1ccccc1-c1ccccc1NC(=O)C(=O)N[C@@H](CO)C(C)C. The van der Waals surface area contributed by atoms with E-state index in [4.69, 9.17) is 0 Å². The second-order valence-electron chi connectivity index (χ2n) is 9.01. The molecule has 6 N–H and O–H groups in total. The second kappa shape index (κ2) is 13.4. The zero-order valence-electron chi connectivity index (χ0n) is 20.9. The third kappa shape index (κ3) is 7.62. The van der Waals surface area contributed by atoms with Gasteiger partial charge in [0.25, 0.3) is 0 Å². The highest BCUT2D eigenvalue weighted by atomic mass is 16.3. The zero-order chi connectivity index (χ0) is 26.8. The van der Waals surface area contributed by atoms with E-state index in [0.717, 1.165) is 0 Å². The second-order valence-corrected chi connectivity index (χ2v) is 9.01. The quantitative estimate of drug-likeness (QED) is 0.288. The Bertz CT molecular complexity index is 1000. The molecule has 4 amide bonds. The standard InChI is InChI=1S/C26H34N4O6/c1-15(2)21(13-31)29-25(35)23(33)27-19-11-7-5-9-17(19)18-10-6-8-12-20(18)28-24(34)26(36)30-22(14-32)16(3)4/h5-12,15-16,21-22,31-32H,13-14H2,1-4H3,(H,27,33)(H,28,34)(H,29,35)(H,30,36)/t21-,22-/m0/s1. The van der Waals surface area contributed by atoms with Crippen molar-refractivity contribution in [2.45, 2.75) is 39.8 Å². The number of carbonyl (C=O) groups excluding carboxylic acids is 4. The molecule has 0 saturated carbocycles. The molecular weight excluding hydrogens is 464 g/mol. The van der Waals surface area contributed by atoms with Gasteiger partial charge < -0.3 is 31.5 Å². The van der Waals surface area contributed by atoms with Crippen LogP contribution in [-0.4, -0.2) is 59.1 Å². The molecule has 10 heteroatoms. The number of hydrogen-bond acceptors (Lipinski definition) is 6. The van der Waals surface area contributed by atoms with Gasteiger partial charge in [-0.2, -0.15) is 0 Å². The van der Waals surface area contributed by atoms with Crippen molar-refractivity contribution in [2.75, 3.05) is 23.8 Å². The first-order chi connectivity index (χ1) is 17.1. The lowest BCUT2D eigenvalue weighted by Gasteiger charge is -2.20. The molecule has 0 unspecified atom stereocenters. The molecule has 2 aromatic carbocycles. The predicted octanol–water partition coefficient (Wildman–Crippen LogP) is 1.50. The summed E-state index contributed by atoms with van der Waals surface area (Å²) in [6.45, 7) is 6.65. The third-order valence-corrected chi connectivity index (χ3v) is 5.69. The van der Waals surface area contributed by atoms with Crippen molar-refractivity contribution in [1.82, 2.24) is 10.6 Å². The molecule has 0 spiro atoms. The van der Waals surface area contributed by atoms with Gasteiger partial charge in [0.2, 0.25) is 0 Å². The lowest BCUT2D eigenvalue weighted by molar-refractivity contribution is -0.137. The van der Waals surface area contributed by atoms with E-state index in [-0.39, 0.29) is 25.0 Å². The first kappa shape index (κ1) is 28.5. The molecule has 194 valence electrons. The molecule has 2 rings (SSSR count). The Morgan fingerprint density at radius 2 is 0.944 bits per heavy atom. The van der Waals surface area contributed by atoms with Crippen molar-refractivity contribution in [3.63, 3.8) is 0 Å². The summed E-state index contributed by atoms with van der Waals surface area (Å²) < 4.78 is 0. The minimum absolute atomic E-state index is 0.0695. The molecule has 2 aromatic rings. The zero-order valence-corrected chi connectivity index (χ0v) is 20.9. The highest BCUT2D eigenvalue weighted by molar-refractivity contribution is 6.40. The summed E-state index contributed by atoms with van der Waals surface area (Å²) in [7, 11) is 0. The van der Waals surface area contributed by atoms with E-state index < -0.39 is 35.7 Å². The molecule has 0 saturated heterocycles. The molecule has 0 heterocycles. The van der Waals surface area contributed by atoms with Crippen LogP contribution in [0.3, 0.4) is 0 Å². The molecule has 2 atom stereocenters. The number of aliphatic hydroxyl groups is 2. The van der Waals surface area contributed by atoms with Gasteiger partial charge in [-0.25, -0.2) is 0 Å². The van der Waals surface area contributed by atoms with Crippen LogP contribution in [0.4, 0.5) is 11.4 Å². The smallest absolute Gasteiger partial charge is 0.313 e. The fraction of sp³-hybridized carbons (Fsp3) is 0.385. The van der Waals surface area contributed by atoms with Gasteiger partial charge in [0, 0.05) is 22.5 Å². The Hall–Kier alpha value is -3.76. The fourth-order valence-electron chi connectivity index (χ4n) is 3.33. The Labute approximate surface area is 210 Å². The summed E-state index contributed by atoms with van der Waals surface area (Å²) in [4.78, 5) is 49.8. The average Bonchev–Trinajstić information content (AvgIpc) is 2.85. The number of para-hydroxylation sites is 2. The summed E-state index contributed by atoms with van der Waals surface area (Å²) in [5.74, 6) is -3.74. The van der Waals surface area contributed by atoms with Gasteiger partial charge in [-0.3, -0.25) is 19.2 Å². The van der Waals surface area contributed by atoms with E-state index in [0.29, 0.717) is 22.5 Å². The number of aliphatic hydroxyl groups excluding tert-OH is 2. The number of hydrogen-bond donors (Lipinski definition) is 6. The van der Waals surface area contributed by atoms with E-state index >= 15 is 0 Å². The summed E-state index contributed by atoms with van der Waals surface area (Å²) in [5.41, 5.74) is 1.64. The average molecular weight is 499 g/mol. The highest BCUT2D eigenvalue weighted by Crippen LogP contribution is 2.33. The number of benzene rings is 2. The largest absolute Gasteiger partial charge is 0.394 e. The monoisotopic (exact) mass is 498 g/mol. The van der Waals surface area contributed by atoms with Crippen LogP contribution in [0.5, 0.6) is 0 Å². The normalized spacial score (nSPS) is 12.6. The Morgan fingerprint density at radius 1 is 0.611 bits per heavy atom. The van der Waals surface area contributed by atoms with Crippen molar-refractivity contribution >= 4 is 35.0 Å². The summed E-state index contributed by atoms with van der Waals surface area (Å²) in [6, 6.07) is 12.3. The van der Waals surface area contributed by atoms with Crippen LogP contribution in [0.15, 0.2) is 48.5 Å². The van der Waals surface area contributed by atoms with E-state index in [1.807, 2.05) is 27.7 Å². The van der Waals surface area contributed by atoms with Crippen LogP contribution in [0.2, 0.25) is 0 Å². The van der Waals surface area contributed by atoms with Crippen molar-refractivity contribution < 1.29 is 29.4 Å². The Kier molecular flexibility index (Phi) is 10.6. The van der Waals surface area contributed by atoms with Crippen molar-refractivity contribution in [2.24, 2.45) is 11.8 Å². The minimum Gasteiger partial charge on any atom is -0.394 e. The molecule has 0 radical (unpaired) electrons. The molecule has 0 aliphatic carbocycles. The molecular formula is C26H34N4O6. The van der Waals surface area contributed by atoms with Crippen LogP contribution in [0, 0.1) is 11.8 Å². The van der Waals surface area contributed by atoms with E-state index in [9.17, 15) is 29.4 Å². The van der Waals surface area contributed by atoms with Crippen LogP contribution >= 0.6 is 0 Å². The Balaban J connectivity index is 2.25. The predicted molar refractivity (Wildman–Crippen MR) is 137 cm³/mol. The van der Waals surface area contributed by atoms with E-state index in [1.165, 1.54) is 0 Å². The number of anilines is 2. The third-order valence-electron chi connectivity index (χ3n) is 5.69. The van der Waals surface area contributed by atoms with Crippen LogP contribution in [-0.2, 0) is 19.2 Å². The van der Waals surface area contributed by atoms with Gasteiger partial charge in [0.05, 0.1) is 25.3 Å². The van der Waals surface area contributed by atoms with Gasteiger partial charge in [0.1, 0.15) is 0 Å². The fourth-order valence-corrected chi connectivity index (χ4v) is 3.33. The van der Waals surface area contributed by atoms with Gasteiger partial charge in [-0.15, -0.1) is 0 Å². The molecule has 36 heavy (non-hydrogen) atoms. The van der Waals surface area contributed by atoms with Crippen LogP contribution in [0.1, 0.15) is 27.7 Å². The number of nitrogens with one attached hydrogen (secondary N) is 4. The van der Waals surface area contributed by atoms with Gasteiger partial charge in [-0.05, 0) is 24.0 Å². The topological polar surface area (TPSA) is 157 Å². The molecule has 10 nitrogen and oxygen atoms in total. The number of rotatable bonds is 9. The summed E-state index contributed by atoms with van der Waals surface area (Å²) in [5, 5.41) is 29.0. The summed E-state index contributed by atoms with van der Waals surface area (Å²) in [6.07, 6.45) is 0. The Morgan fingerprint density at radius 3 is 1.25 bits per heavy atom. The maximum atomic E-state index is 12.6. The molecule has 0 aliphatic rings. The molecule has 0 aliphatic heterocycles. The molecule has 0 fully saturated rings. The van der Waals surface area contributed by atoms with Gasteiger partial charge in [0.15, 0.2) is 0 Å². The first-order valence-electron chi connectivity index (χ1n) is 11.7. The van der Waals surface area contributed by atoms with E-state index in [1.54, 1.807) is 48.5 Å². The molecule has 0 aromatic heterocycles. The first-order valence-corrected chi connectivity index (χ1v) is 11.7. The van der Waals surface area contributed by atoms with Crippen molar-refractivity contribution in [3.05, 3.63) is 48.5 Å². The minimum atomic E-state index is -0.911. The molecule has 0 bridgehead atoms. The maximum Gasteiger partial charge on any atom is 0.313 e. The maximum absolute atomic E-state index is 12.6. The van der Waals surface area contributed by atoms with Gasteiger partial charge >= 0.3 is 23.6 Å². The van der Waals surface area contributed by atoms with Gasteiger partial charge in [-0.1, -0.05) is 64.1 Å². The lowest BCUT2D eigenvalue weighted by Crippen LogP contribution is -2.46. The number of carbonyl (C=O) groups is 4. The van der Waals surface area contributed by atoms with Crippen molar-refractivity contribution in [1.29, 1.82) is 0 Å². The summed E-state index contributed by atoms with van der Waals surface area (Å²) >= 11 is 0.